The summed E-state index contributed by atoms with van der Waals surface area (Å²) in [6, 6.07) is 9.38. The summed E-state index contributed by atoms with van der Waals surface area (Å²) in [5, 5.41) is 0. The lowest BCUT2D eigenvalue weighted by molar-refractivity contribution is 0.0961. The summed E-state index contributed by atoms with van der Waals surface area (Å²) in [4.78, 5) is 0. The first-order valence-electron chi connectivity index (χ1n) is 6.07. The van der Waals surface area contributed by atoms with E-state index in [1.54, 1.807) is 7.11 Å². The van der Waals surface area contributed by atoms with E-state index in [0.29, 0.717) is 19.8 Å². The quantitative estimate of drug-likeness (QED) is 0.519. The molecule has 1 aromatic carbocycles. The molecule has 6 heteroatoms. The van der Waals surface area contributed by atoms with Crippen LogP contribution in [0.1, 0.15) is 17.9 Å². The Morgan fingerprint density at radius 2 is 1.89 bits per heavy atom. The number of rotatable bonds is 9. The molecule has 0 fully saturated rings. The lowest BCUT2D eigenvalue weighted by Gasteiger charge is -2.16. The van der Waals surface area contributed by atoms with Gasteiger partial charge in [-0.2, -0.15) is 0 Å². The zero-order valence-electron chi connectivity index (χ0n) is 10.9. The summed E-state index contributed by atoms with van der Waals surface area (Å²) in [5.74, 6) is -0.366. The van der Waals surface area contributed by atoms with Crippen molar-refractivity contribution < 1.29 is 17.9 Å². The monoisotopic (exact) mass is 306 g/mol. The molecule has 0 N–H and O–H groups in total. The summed E-state index contributed by atoms with van der Waals surface area (Å²) in [7, 11) is 3.42. The van der Waals surface area contributed by atoms with E-state index >= 15 is 0 Å². The second-order valence-corrected chi connectivity index (χ2v) is 7.06. The van der Waals surface area contributed by atoms with Crippen molar-refractivity contribution in [3.05, 3.63) is 35.9 Å². The highest BCUT2D eigenvalue weighted by Crippen LogP contribution is 2.20. The average molecular weight is 307 g/mol. The van der Waals surface area contributed by atoms with Crippen LogP contribution >= 0.6 is 10.7 Å². The molecule has 0 amide bonds. The van der Waals surface area contributed by atoms with Crippen LogP contribution in [0.2, 0.25) is 0 Å². The molecule has 0 aromatic heterocycles. The van der Waals surface area contributed by atoms with Crippen LogP contribution in [-0.2, 0) is 18.5 Å². The summed E-state index contributed by atoms with van der Waals surface area (Å²) in [6.07, 6.45) is 0.783. The van der Waals surface area contributed by atoms with Crippen LogP contribution in [0, 0.1) is 0 Å². The highest BCUT2D eigenvalue weighted by molar-refractivity contribution is 8.13. The molecule has 0 radical (unpaired) electrons. The molecular weight excluding hydrogens is 288 g/mol. The number of benzene rings is 1. The summed E-state index contributed by atoms with van der Waals surface area (Å²) in [6.45, 7) is 1.50. The van der Waals surface area contributed by atoms with E-state index in [4.69, 9.17) is 20.2 Å². The van der Waals surface area contributed by atoms with Gasteiger partial charge >= 0.3 is 0 Å². The Bertz CT molecular complexity index is 447. The minimum absolute atomic E-state index is 0.122. The molecule has 0 saturated carbocycles. The van der Waals surface area contributed by atoms with E-state index in [2.05, 4.69) is 0 Å². The van der Waals surface area contributed by atoms with Gasteiger partial charge in [0.05, 0.1) is 12.4 Å². The van der Waals surface area contributed by atoms with Crippen LogP contribution < -0.4 is 0 Å². The zero-order valence-corrected chi connectivity index (χ0v) is 12.5. The number of halogens is 1. The smallest absolute Gasteiger partial charge is 0.233 e. The second kappa shape index (κ2) is 8.53. The van der Waals surface area contributed by atoms with E-state index in [-0.39, 0.29) is 11.7 Å². The van der Waals surface area contributed by atoms with Gasteiger partial charge in [-0.05, 0) is 12.0 Å². The van der Waals surface area contributed by atoms with Gasteiger partial charge in [-0.25, -0.2) is 8.42 Å². The highest BCUT2D eigenvalue weighted by atomic mass is 35.7. The highest BCUT2D eigenvalue weighted by Gasteiger charge is 2.19. The summed E-state index contributed by atoms with van der Waals surface area (Å²) < 4.78 is 32.9. The number of hydrogen-bond acceptors (Lipinski definition) is 4. The third-order valence-corrected chi connectivity index (χ3v) is 3.81. The Morgan fingerprint density at radius 1 is 1.21 bits per heavy atom. The topological polar surface area (TPSA) is 52.6 Å². The van der Waals surface area contributed by atoms with Crippen molar-refractivity contribution in [1.29, 1.82) is 0 Å². The van der Waals surface area contributed by atoms with Gasteiger partial charge in [0.2, 0.25) is 9.05 Å². The molecule has 1 rings (SSSR count). The third-order valence-electron chi connectivity index (χ3n) is 2.63. The van der Waals surface area contributed by atoms with Crippen LogP contribution in [0.15, 0.2) is 30.3 Å². The molecule has 0 saturated heterocycles. The van der Waals surface area contributed by atoms with Crippen molar-refractivity contribution >= 4 is 19.7 Å². The Morgan fingerprint density at radius 3 is 2.47 bits per heavy atom. The maximum absolute atomic E-state index is 11.2. The average Bonchev–Trinajstić information content (AvgIpc) is 2.37. The van der Waals surface area contributed by atoms with E-state index in [1.807, 2.05) is 30.3 Å². The second-order valence-electron chi connectivity index (χ2n) is 4.23. The summed E-state index contributed by atoms with van der Waals surface area (Å²) in [5.41, 5.74) is 0.915. The maximum Gasteiger partial charge on any atom is 0.233 e. The molecule has 0 aliphatic carbocycles. The van der Waals surface area contributed by atoms with Gasteiger partial charge in [0.1, 0.15) is 0 Å². The van der Waals surface area contributed by atoms with Crippen LogP contribution in [0.3, 0.4) is 0 Å². The van der Waals surface area contributed by atoms with Gasteiger partial charge in [-0.15, -0.1) is 0 Å². The van der Waals surface area contributed by atoms with Gasteiger partial charge in [0, 0.05) is 36.9 Å². The molecule has 4 nitrogen and oxygen atoms in total. The van der Waals surface area contributed by atoms with E-state index in [9.17, 15) is 8.42 Å². The van der Waals surface area contributed by atoms with E-state index in [0.717, 1.165) is 12.0 Å². The van der Waals surface area contributed by atoms with Crippen molar-refractivity contribution in [2.24, 2.45) is 0 Å². The molecule has 1 atom stereocenters. The molecule has 0 aliphatic rings. The molecule has 0 aliphatic heterocycles. The number of hydrogen-bond donors (Lipinski definition) is 0. The Balaban J connectivity index is 2.56. The minimum atomic E-state index is -3.55. The molecule has 1 unspecified atom stereocenters. The SMILES string of the molecule is COCCCOCC(CS(=O)(=O)Cl)c1ccccc1. The zero-order chi connectivity index (χ0) is 14.1. The van der Waals surface area contributed by atoms with Crippen molar-refractivity contribution in [3.8, 4) is 0 Å². The fourth-order valence-electron chi connectivity index (χ4n) is 1.74. The molecule has 0 heterocycles. The van der Waals surface area contributed by atoms with Crippen molar-refractivity contribution in [2.45, 2.75) is 12.3 Å². The molecule has 1 aromatic rings. The molecule has 19 heavy (non-hydrogen) atoms. The third kappa shape index (κ3) is 7.52. The van der Waals surface area contributed by atoms with Gasteiger partial charge in [0.25, 0.3) is 0 Å². The van der Waals surface area contributed by atoms with E-state index in [1.165, 1.54) is 0 Å². The van der Waals surface area contributed by atoms with Crippen molar-refractivity contribution in [1.82, 2.24) is 0 Å². The standard InChI is InChI=1S/C13H19ClO4S/c1-17-8-5-9-18-10-13(11-19(14,15)16)12-6-3-2-4-7-12/h2-4,6-7,13H,5,8-11H2,1H3. The fourth-order valence-corrected chi connectivity index (χ4v) is 2.96. The maximum atomic E-state index is 11.2. The fraction of sp³-hybridized carbons (Fsp3) is 0.538. The first-order chi connectivity index (χ1) is 9.03. The van der Waals surface area contributed by atoms with Gasteiger partial charge in [-0.1, -0.05) is 30.3 Å². The van der Waals surface area contributed by atoms with Gasteiger partial charge in [0.15, 0.2) is 0 Å². The lowest BCUT2D eigenvalue weighted by atomic mass is 10.0. The summed E-state index contributed by atoms with van der Waals surface area (Å²) >= 11 is 0. The minimum Gasteiger partial charge on any atom is -0.385 e. The molecular formula is C13H19ClO4S. The first-order valence-corrected chi connectivity index (χ1v) is 8.54. The molecule has 108 valence electrons. The predicted molar refractivity (Wildman–Crippen MR) is 76.1 cm³/mol. The normalized spacial score (nSPS) is 13.4. The van der Waals surface area contributed by atoms with Crippen LogP contribution in [0.4, 0.5) is 0 Å². The predicted octanol–water partition coefficient (Wildman–Crippen LogP) is 2.39. The molecule has 0 bridgehead atoms. The van der Waals surface area contributed by atoms with E-state index < -0.39 is 9.05 Å². The number of methoxy groups -OCH3 is 1. The first kappa shape index (κ1) is 16.4. The molecule has 0 spiro atoms. The number of ether oxygens (including phenoxy) is 2. The Labute approximate surface area is 119 Å². The van der Waals surface area contributed by atoms with Crippen LogP contribution in [0.5, 0.6) is 0 Å². The van der Waals surface area contributed by atoms with Crippen LogP contribution in [0.25, 0.3) is 0 Å². The Kier molecular flexibility index (Phi) is 7.38. The van der Waals surface area contributed by atoms with Crippen molar-refractivity contribution in [3.63, 3.8) is 0 Å². The Hall–Kier alpha value is -0.620. The van der Waals surface area contributed by atoms with Gasteiger partial charge < -0.3 is 9.47 Å². The van der Waals surface area contributed by atoms with Crippen LogP contribution in [-0.4, -0.2) is 41.1 Å². The van der Waals surface area contributed by atoms with Gasteiger partial charge in [-0.3, -0.25) is 0 Å². The largest absolute Gasteiger partial charge is 0.385 e. The van der Waals surface area contributed by atoms with Crippen molar-refractivity contribution in [2.75, 3.05) is 32.7 Å². The lowest BCUT2D eigenvalue weighted by Crippen LogP contribution is -2.17.